The van der Waals surface area contributed by atoms with Gasteiger partial charge in [0.25, 0.3) is 0 Å². The summed E-state index contributed by atoms with van der Waals surface area (Å²) in [6.45, 7) is -0.927. The van der Waals surface area contributed by atoms with Crippen LogP contribution in [0.1, 0.15) is 0 Å². The van der Waals surface area contributed by atoms with Crippen LogP contribution < -0.4 is 0 Å². The maximum absolute atomic E-state index is 4.20. The Kier molecular flexibility index (Phi) is 33.3. The van der Waals surface area contributed by atoms with Crippen molar-refractivity contribution in [2.75, 3.05) is 0 Å². The summed E-state index contributed by atoms with van der Waals surface area (Å²) >= 11 is 0. The Bertz CT molecular complexity index is 323. The second kappa shape index (κ2) is 23.3. The van der Waals surface area contributed by atoms with Gasteiger partial charge in [0.05, 0.1) is 0 Å². The lowest BCUT2D eigenvalue weighted by atomic mass is 28.5. The lowest BCUT2D eigenvalue weighted by molar-refractivity contribution is 4.42. The highest BCUT2D eigenvalue weighted by Crippen LogP contribution is 3.38. The summed E-state index contributed by atoms with van der Waals surface area (Å²) < 4.78 is 0. The van der Waals surface area contributed by atoms with Gasteiger partial charge in [-0.1, -0.05) is 17.9 Å². The first-order valence-electron chi connectivity index (χ1n) is 6.66. The van der Waals surface area contributed by atoms with E-state index in [-0.39, 0.29) is 97.8 Å². The van der Waals surface area contributed by atoms with Crippen molar-refractivity contribution < 1.29 is 0 Å². The third-order valence-electron chi connectivity index (χ3n) is 2.42. The summed E-state index contributed by atoms with van der Waals surface area (Å²) in [5, 5.41) is 0. The quantitative estimate of drug-likeness (QED) is 0.161. The van der Waals surface area contributed by atoms with Gasteiger partial charge in [-0.3, -0.25) is 0 Å². The first-order valence-corrected chi connectivity index (χ1v) is 60.0. The van der Waals surface area contributed by atoms with Crippen molar-refractivity contribution >= 4 is 241 Å². The Labute approximate surface area is 238 Å². The predicted octanol–water partition coefficient (Wildman–Crippen LogP) is 17.8. The molecule has 0 aromatic heterocycles. The van der Waals surface area contributed by atoms with E-state index >= 15 is 0 Å². The van der Waals surface area contributed by atoms with Crippen LogP contribution in [0.3, 0.4) is 0 Å². The minimum Gasteiger partial charge on any atom is -0.102 e. The van der Waals surface area contributed by atoms with Crippen molar-refractivity contribution in [1.82, 2.24) is 0 Å². The Morgan fingerprint density at radius 1 is 0.267 bits per heavy atom. The fourth-order valence-electron chi connectivity index (χ4n) is 1.62. The standard InChI is InChI=1S/H30P30/c1-17(2)25(18(3)4)29(26(19(5)6)20(7)8)30(27(21(9)10)22(11)12)28(23(13)14)24(15)16/h1-2H,3-16H2. The third-order valence-corrected chi connectivity index (χ3v) is 196. The summed E-state index contributed by atoms with van der Waals surface area (Å²) in [5.41, 5.74) is 0. The zero-order chi connectivity index (χ0) is 24.1. The van der Waals surface area contributed by atoms with Gasteiger partial charge in [-0.05, 0) is 97.8 Å². The van der Waals surface area contributed by atoms with Crippen LogP contribution in [0.4, 0.5) is 0 Å². The first-order chi connectivity index (χ1) is 13.6. The number of hydrogen-bond acceptors (Lipinski definition) is 0. The SMILES string of the molecule is [PH]P([PH])P(P(P)P)P(P(P(P)P)P(P)P)P(P(P(P)P)P(P)P)P(P(P)P)P(P)P. The smallest absolute Gasteiger partial charge is 0.000301 e. The van der Waals surface area contributed by atoms with Crippen molar-refractivity contribution in [3.63, 3.8) is 0 Å². The van der Waals surface area contributed by atoms with Crippen molar-refractivity contribution in [2.45, 2.75) is 0 Å². The molecule has 0 aliphatic carbocycles. The second-order valence-corrected chi connectivity index (χ2v) is 124. The average molecular weight is 959 g/mol. The summed E-state index contributed by atoms with van der Waals surface area (Å²) in [6, 6.07) is 0. The Morgan fingerprint density at radius 2 is 0.433 bits per heavy atom. The van der Waals surface area contributed by atoms with Crippen LogP contribution in [0.15, 0.2) is 0 Å². The van der Waals surface area contributed by atoms with Crippen LogP contribution in [0.2, 0.25) is 0 Å². The minimum absolute atomic E-state index is 0.00247. The molecule has 16 atom stereocenters. The molecule has 2 radical (unpaired) electrons. The van der Waals surface area contributed by atoms with Gasteiger partial charge in [-0.15, -0.1) is 125 Å². The average Bonchev–Trinajstić information content (AvgIpc) is 2.50. The van der Waals surface area contributed by atoms with E-state index < -0.39 is 0 Å². The molecule has 0 heterocycles. The van der Waals surface area contributed by atoms with Gasteiger partial charge in [0.2, 0.25) is 0 Å². The molecule has 30 heavy (non-hydrogen) atoms. The van der Waals surface area contributed by atoms with Gasteiger partial charge in [0.15, 0.2) is 0 Å². The molecule has 0 aromatic carbocycles. The Hall–Kier alpha value is 12.9. The van der Waals surface area contributed by atoms with E-state index in [1.807, 2.05) is 0 Å². The summed E-state index contributed by atoms with van der Waals surface area (Å²) in [7, 11) is 54.2. The molecular weight excluding hydrogens is 929 g/mol. The van der Waals surface area contributed by atoms with Gasteiger partial charge in [0, 0.05) is 0 Å². The normalized spacial score (nSPS) is 14.2. The maximum atomic E-state index is 4.20. The molecule has 16 unspecified atom stereocenters. The van der Waals surface area contributed by atoms with E-state index in [2.05, 4.69) is 143 Å². The molecule has 180 valence electrons. The Balaban J connectivity index is 7.14. The van der Waals surface area contributed by atoms with Crippen molar-refractivity contribution in [1.29, 1.82) is 0 Å². The lowest BCUT2D eigenvalue weighted by Crippen LogP contribution is -1.64. The van der Waals surface area contributed by atoms with Crippen LogP contribution in [0.5, 0.6) is 0 Å². The fourth-order valence-corrected chi connectivity index (χ4v) is 393. The van der Waals surface area contributed by atoms with Crippen LogP contribution in [0, 0.1) is 0 Å². The number of hydrogen-bond donors (Lipinski definition) is 0. The summed E-state index contributed by atoms with van der Waals surface area (Å²) in [4.78, 5) is 0. The van der Waals surface area contributed by atoms with E-state index in [4.69, 9.17) is 0 Å². The molecule has 0 N–H and O–H groups in total. The molecule has 0 aromatic rings. The summed E-state index contributed by atoms with van der Waals surface area (Å²) in [6.07, 6.45) is 0. The first kappa shape index (κ1) is 42.9. The largest absolute Gasteiger partial charge is 0.102 e. The minimum atomic E-state index is -0.281. The maximum Gasteiger partial charge on any atom is -0.000301 e. The van der Waals surface area contributed by atoms with Gasteiger partial charge < -0.3 is 0 Å². The predicted molar refractivity (Wildman–Crippen MR) is 249 cm³/mol. The molecule has 0 aliphatic heterocycles. The second-order valence-electron chi connectivity index (χ2n) is 4.58. The van der Waals surface area contributed by atoms with Crippen LogP contribution in [-0.2, 0) is 0 Å². The van der Waals surface area contributed by atoms with Crippen LogP contribution in [-0.4, -0.2) is 0 Å². The third kappa shape index (κ3) is 15.5. The van der Waals surface area contributed by atoms with E-state index in [9.17, 15) is 0 Å². The molecule has 0 fully saturated rings. The lowest BCUT2D eigenvalue weighted by Gasteiger charge is -2.52. The fraction of sp³-hybridized carbons (Fsp3) is 0. The van der Waals surface area contributed by atoms with Gasteiger partial charge in [0.1, 0.15) is 0 Å². The van der Waals surface area contributed by atoms with E-state index in [1.54, 1.807) is 0 Å². The number of rotatable bonds is 13. The molecule has 0 saturated heterocycles. The molecule has 0 nitrogen and oxygen atoms in total. The molecule has 30 heteroatoms. The highest BCUT2D eigenvalue weighted by Gasteiger charge is 2.50. The van der Waals surface area contributed by atoms with Crippen LogP contribution in [0.25, 0.3) is 0 Å². The molecule has 0 spiro atoms. The topological polar surface area (TPSA) is 0 Å². The zero-order valence-corrected chi connectivity index (χ0v) is 46.0. The Morgan fingerprint density at radius 3 is 0.567 bits per heavy atom. The van der Waals surface area contributed by atoms with Crippen LogP contribution >= 0.6 is 241 Å². The molecular formula is H30P30. The highest BCUT2D eigenvalue weighted by molar-refractivity contribution is 9.44. The molecule has 0 rings (SSSR count). The van der Waals surface area contributed by atoms with Crippen molar-refractivity contribution in [2.24, 2.45) is 0 Å². The van der Waals surface area contributed by atoms with Gasteiger partial charge in [-0.25, -0.2) is 0 Å². The van der Waals surface area contributed by atoms with Crippen molar-refractivity contribution in [3.8, 4) is 0 Å². The van der Waals surface area contributed by atoms with E-state index in [1.165, 1.54) is 0 Å². The highest BCUT2D eigenvalue weighted by atomic mass is 33.5. The molecule has 0 bridgehead atoms. The molecule has 0 aliphatic rings. The molecule has 0 saturated carbocycles. The van der Waals surface area contributed by atoms with Crippen molar-refractivity contribution in [3.05, 3.63) is 0 Å². The van der Waals surface area contributed by atoms with Gasteiger partial charge in [-0.2, -0.15) is 0 Å². The van der Waals surface area contributed by atoms with E-state index in [0.717, 1.165) is 0 Å². The molecule has 0 amide bonds. The zero-order valence-electron chi connectivity index (χ0n) is 15.3. The monoisotopic (exact) mass is 959 g/mol. The van der Waals surface area contributed by atoms with Gasteiger partial charge >= 0.3 is 0 Å². The van der Waals surface area contributed by atoms with E-state index in [0.29, 0.717) is 0 Å². The summed E-state index contributed by atoms with van der Waals surface area (Å²) in [5.74, 6) is 0.